The Morgan fingerprint density at radius 1 is 1.83 bits per heavy atom. The van der Waals surface area contributed by atoms with Crippen molar-refractivity contribution in [1.29, 1.82) is 0 Å². The van der Waals surface area contributed by atoms with E-state index in [9.17, 15) is 0 Å². The van der Waals surface area contributed by atoms with Crippen LogP contribution in [-0.4, -0.2) is 22.5 Å². The molecule has 1 aliphatic rings. The van der Waals surface area contributed by atoms with Crippen molar-refractivity contribution < 1.29 is 0 Å². The third-order valence-corrected chi connectivity index (χ3v) is 2.77. The Labute approximate surface area is 51.8 Å². The van der Waals surface area contributed by atoms with Gasteiger partial charge in [-0.25, -0.2) is 0 Å². The first-order chi connectivity index (χ1) is 2.80. The van der Waals surface area contributed by atoms with Gasteiger partial charge in [0.2, 0.25) is 0 Å². The van der Waals surface area contributed by atoms with Gasteiger partial charge >= 0.3 is 0 Å². The van der Waals surface area contributed by atoms with Gasteiger partial charge in [0.15, 0.2) is 0 Å². The summed E-state index contributed by atoms with van der Waals surface area (Å²) in [5, 5.41) is 0. The van der Waals surface area contributed by atoms with Gasteiger partial charge in [0.1, 0.15) is 0 Å². The third kappa shape index (κ3) is 0.680. The van der Waals surface area contributed by atoms with E-state index in [4.69, 9.17) is 0 Å². The zero-order valence-electron chi connectivity index (χ0n) is 3.82. The Balaban J connectivity index is 2.20. The van der Waals surface area contributed by atoms with Gasteiger partial charge in [-0.3, -0.25) is 4.90 Å². The molecule has 0 aromatic carbocycles. The molecule has 1 fully saturated rings. The lowest BCUT2D eigenvalue weighted by molar-refractivity contribution is 0.213. The van der Waals surface area contributed by atoms with Crippen LogP contribution in [0.2, 0.25) is 0 Å². The summed E-state index contributed by atoms with van der Waals surface area (Å²) >= 11 is 2.45. The molecular weight excluding hydrogens is 189 g/mol. The fourth-order valence-electron chi connectivity index (χ4n) is 0.485. The molecular formula is C4H8IN. The summed E-state index contributed by atoms with van der Waals surface area (Å²) in [6.45, 7) is 1.30. The van der Waals surface area contributed by atoms with Crippen LogP contribution in [0.1, 0.15) is 6.42 Å². The molecule has 1 saturated heterocycles. The molecule has 0 spiro atoms. The lowest BCUT2D eigenvalue weighted by Gasteiger charge is -2.32. The average molecular weight is 197 g/mol. The maximum Gasteiger partial charge on any atom is 0.0628 e. The van der Waals surface area contributed by atoms with Crippen molar-refractivity contribution in [3.63, 3.8) is 0 Å². The smallest absolute Gasteiger partial charge is 0.0628 e. The third-order valence-electron chi connectivity index (χ3n) is 1.20. The van der Waals surface area contributed by atoms with Crippen LogP contribution in [0.5, 0.6) is 0 Å². The van der Waals surface area contributed by atoms with Crippen LogP contribution in [0.25, 0.3) is 0 Å². The highest BCUT2D eigenvalue weighted by Crippen LogP contribution is 2.19. The van der Waals surface area contributed by atoms with Gasteiger partial charge < -0.3 is 0 Å². The number of hydrogen-bond acceptors (Lipinski definition) is 1. The van der Waals surface area contributed by atoms with Gasteiger partial charge in [-0.2, -0.15) is 0 Å². The van der Waals surface area contributed by atoms with Crippen LogP contribution in [-0.2, 0) is 0 Å². The number of alkyl halides is 1. The first-order valence-corrected chi connectivity index (χ1v) is 3.39. The Hall–Kier alpha value is 0.690. The highest BCUT2D eigenvalue weighted by molar-refractivity contribution is 14.1. The number of hydrogen-bond donors (Lipinski definition) is 0. The summed E-state index contributed by atoms with van der Waals surface area (Å²) in [4.78, 5) is 2.33. The van der Waals surface area contributed by atoms with Gasteiger partial charge in [-0.05, 0) is 13.5 Å². The van der Waals surface area contributed by atoms with E-state index in [1.54, 1.807) is 0 Å². The molecule has 0 aromatic heterocycles. The number of halogens is 1. The molecule has 1 atom stereocenters. The quantitative estimate of drug-likeness (QED) is 0.319. The Morgan fingerprint density at radius 3 is 2.33 bits per heavy atom. The van der Waals surface area contributed by atoms with Crippen LogP contribution < -0.4 is 0 Å². The van der Waals surface area contributed by atoms with Crippen molar-refractivity contribution >= 4 is 22.6 Å². The van der Waals surface area contributed by atoms with E-state index < -0.39 is 0 Å². The second kappa shape index (κ2) is 1.66. The second-order valence-electron chi connectivity index (χ2n) is 1.70. The van der Waals surface area contributed by atoms with Crippen LogP contribution in [0.15, 0.2) is 0 Å². The maximum absolute atomic E-state index is 2.45. The van der Waals surface area contributed by atoms with Crippen LogP contribution in [0.3, 0.4) is 0 Å². The SMILES string of the molecule is CN1CC[C@@H]1I. The van der Waals surface area contributed by atoms with Gasteiger partial charge in [0, 0.05) is 6.54 Å². The minimum Gasteiger partial charge on any atom is -0.295 e. The monoisotopic (exact) mass is 197 g/mol. The molecule has 0 bridgehead atoms. The maximum atomic E-state index is 2.45. The van der Waals surface area contributed by atoms with Crippen LogP contribution >= 0.6 is 22.6 Å². The highest BCUT2D eigenvalue weighted by Gasteiger charge is 2.19. The largest absolute Gasteiger partial charge is 0.295 e. The molecule has 0 unspecified atom stereocenters. The molecule has 0 aliphatic carbocycles. The molecule has 6 heavy (non-hydrogen) atoms. The molecule has 0 radical (unpaired) electrons. The molecule has 2 heteroatoms. The fraction of sp³-hybridized carbons (Fsp3) is 1.00. The minimum atomic E-state index is 0.836. The van der Waals surface area contributed by atoms with E-state index in [1.807, 2.05) is 0 Å². The minimum absolute atomic E-state index is 0.836. The molecule has 0 saturated carbocycles. The molecule has 1 nitrogen and oxygen atoms in total. The van der Waals surface area contributed by atoms with E-state index in [-0.39, 0.29) is 0 Å². The normalized spacial score (nSPS) is 36.0. The summed E-state index contributed by atoms with van der Waals surface area (Å²) < 4.78 is 0.836. The Morgan fingerprint density at radius 2 is 2.33 bits per heavy atom. The first kappa shape index (κ1) is 4.84. The van der Waals surface area contributed by atoms with Crippen LogP contribution in [0, 0.1) is 0 Å². The van der Waals surface area contributed by atoms with Crippen molar-refractivity contribution in [2.24, 2.45) is 0 Å². The highest BCUT2D eigenvalue weighted by atomic mass is 127. The van der Waals surface area contributed by atoms with Gasteiger partial charge in [-0.15, -0.1) is 0 Å². The van der Waals surface area contributed by atoms with Crippen molar-refractivity contribution in [2.45, 2.75) is 10.5 Å². The zero-order valence-corrected chi connectivity index (χ0v) is 5.97. The standard InChI is InChI=1S/C4H8IN/c1-6-3-2-4(6)5/h4H,2-3H2,1H3/t4-/m1/s1. The Bertz CT molecular complexity index is 47.5. The van der Waals surface area contributed by atoms with Crippen LogP contribution in [0.4, 0.5) is 0 Å². The molecule has 36 valence electrons. The summed E-state index contributed by atoms with van der Waals surface area (Å²) in [5.74, 6) is 0. The number of likely N-dealkylation sites (tertiary alicyclic amines) is 1. The first-order valence-electron chi connectivity index (χ1n) is 2.15. The van der Waals surface area contributed by atoms with Crippen molar-refractivity contribution in [1.82, 2.24) is 4.90 Å². The fourth-order valence-corrected chi connectivity index (χ4v) is 1.04. The lowest BCUT2D eigenvalue weighted by Crippen LogP contribution is -2.39. The van der Waals surface area contributed by atoms with E-state index in [2.05, 4.69) is 34.5 Å². The molecule has 0 amide bonds. The van der Waals surface area contributed by atoms with E-state index in [0.717, 1.165) is 4.05 Å². The van der Waals surface area contributed by atoms with Gasteiger partial charge in [0.25, 0.3) is 0 Å². The van der Waals surface area contributed by atoms with Gasteiger partial charge in [-0.1, -0.05) is 22.6 Å². The number of nitrogens with zero attached hydrogens (tertiary/aromatic N) is 1. The molecule has 1 heterocycles. The molecule has 0 N–H and O–H groups in total. The topological polar surface area (TPSA) is 3.24 Å². The van der Waals surface area contributed by atoms with E-state index in [1.165, 1.54) is 13.0 Å². The number of rotatable bonds is 0. The lowest BCUT2D eigenvalue weighted by atomic mass is 10.2. The zero-order chi connectivity index (χ0) is 4.57. The molecule has 1 aliphatic heterocycles. The van der Waals surface area contributed by atoms with Gasteiger partial charge in [0.05, 0.1) is 4.05 Å². The second-order valence-corrected chi connectivity index (χ2v) is 3.14. The summed E-state index contributed by atoms with van der Waals surface area (Å²) in [6, 6.07) is 0. The summed E-state index contributed by atoms with van der Waals surface area (Å²) in [6.07, 6.45) is 1.39. The summed E-state index contributed by atoms with van der Waals surface area (Å²) in [7, 11) is 2.15. The van der Waals surface area contributed by atoms with E-state index in [0.29, 0.717) is 0 Å². The average Bonchev–Trinajstić information content (AvgIpc) is 1.61. The predicted molar refractivity (Wildman–Crippen MR) is 35.1 cm³/mol. The summed E-state index contributed by atoms with van der Waals surface area (Å²) in [5.41, 5.74) is 0. The molecule has 0 aromatic rings. The van der Waals surface area contributed by atoms with Crippen molar-refractivity contribution in [3.05, 3.63) is 0 Å². The predicted octanol–water partition coefficient (Wildman–Crippen LogP) is 1.08. The molecule has 1 rings (SSSR count). The van der Waals surface area contributed by atoms with Crippen molar-refractivity contribution in [3.8, 4) is 0 Å². The van der Waals surface area contributed by atoms with Crippen molar-refractivity contribution in [2.75, 3.05) is 13.6 Å². The Kier molecular flexibility index (Phi) is 1.34. The van der Waals surface area contributed by atoms with E-state index >= 15 is 0 Å².